The van der Waals surface area contributed by atoms with Gasteiger partial charge in [-0.15, -0.1) is 0 Å². The third kappa shape index (κ3) is 5.32. The summed E-state index contributed by atoms with van der Waals surface area (Å²) >= 11 is 0. The van der Waals surface area contributed by atoms with E-state index in [9.17, 15) is 0 Å². The molecule has 1 heterocycles. The summed E-state index contributed by atoms with van der Waals surface area (Å²) in [5.41, 5.74) is 2.17. The van der Waals surface area contributed by atoms with Gasteiger partial charge in [0.1, 0.15) is 5.76 Å². The van der Waals surface area contributed by atoms with Crippen molar-refractivity contribution < 1.29 is 4.52 Å². The molecule has 5 heteroatoms. The van der Waals surface area contributed by atoms with Crippen molar-refractivity contribution in [3.8, 4) is 0 Å². The molecule has 1 aromatic rings. The summed E-state index contributed by atoms with van der Waals surface area (Å²) in [4.78, 5) is 4.52. The van der Waals surface area contributed by atoms with Crippen LogP contribution in [0.15, 0.2) is 9.52 Å². The van der Waals surface area contributed by atoms with E-state index in [1.54, 1.807) is 0 Å². The predicted molar refractivity (Wildman–Crippen MR) is 78.6 cm³/mol. The molecule has 1 aromatic heterocycles. The molecule has 0 aliphatic rings. The van der Waals surface area contributed by atoms with Gasteiger partial charge in [0.2, 0.25) is 0 Å². The Bertz CT molecular complexity index is 379. The van der Waals surface area contributed by atoms with E-state index in [-0.39, 0.29) is 0 Å². The minimum atomic E-state index is 0.834. The zero-order valence-corrected chi connectivity index (χ0v) is 12.5. The highest BCUT2D eigenvalue weighted by Gasteiger charge is 2.08. The lowest BCUT2D eigenvalue weighted by molar-refractivity contribution is 0.392. The minimum Gasteiger partial charge on any atom is -0.361 e. The molecule has 0 amide bonds. The normalized spacial score (nSPS) is 11.7. The minimum absolute atomic E-state index is 0.834. The number of hydrogen-bond acceptors (Lipinski definition) is 3. The Morgan fingerprint density at radius 3 is 2.63 bits per heavy atom. The molecule has 0 aliphatic heterocycles. The van der Waals surface area contributed by atoms with Crippen LogP contribution in [0.4, 0.5) is 0 Å². The number of rotatable bonds is 7. The number of hydrogen-bond donors (Lipinski definition) is 2. The molecule has 108 valence electrons. The van der Waals surface area contributed by atoms with Crippen LogP contribution in [0.2, 0.25) is 0 Å². The average Bonchev–Trinajstić information content (AvgIpc) is 2.70. The van der Waals surface area contributed by atoms with Crippen LogP contribution in [0.25, 0.3) is 0 Å². The Morgan fingerprint density at radius 2 is 2.05 bits per heavy atom. The van der Waals surface area contributed by atoms with Crippen LogP contribution in [0.5, 0.6) is 0 Å². The fourth-order valence-corrected chi connectivity index (χ4v) is 1.86. The molecule has 5 nitrogen and oxygen atoms in total. The summed E-state index contributed by atoms with van der Waals surface area (Å²) in [5, 5.41) is 10.6. The maximum Gasteiger partial charge on any atom is 0.191 e. The number of aryl methyl sites for hydroxylation is 2. The summed E-state index contributed by atoms with van der Waals surface area (Å²) < 4.78 is 5.16. The molecular weight excluding hydrogens is 240 g/mol. The Labute approximate surface area is 115 Å². The molecule has 0 unspecified atom stereocenters. The van der Waals surface area contributed by atoms with Crippen LogP contribution < -0.4 is 10.6 Å². The van der Waals surface area contributed by atoms with Crippen LogP contribution in [-0.2, 0) is 6.42 Å². The SMILES string of the molecule is CCCCN=C(NCC)NCCc1c(C)noc1C. The van der Waals surface area contributed by atoms with Gasteiger partial charge in [-0.1, -0.05) is 18.5 Å². The quantitative estimate of drug-likeness (QED) is 0.451. The first-order chi connectivity index (χ1) is 9.19. The van der Waals surface area contributed by atoms with E-state index in [2.05, 4.69) is 34.6 Å². The highest BCUT2D eigenvalue weighted by atomic mass is 16.5. The molecule has 0 saturated heterocycles. The smallest absolute Gasteiger partial charge is 0.191 e. The number of aliphatic imine (C=N–C) groups is 1. The van der Waals surface area contributed by atoms with Crippen molar-refractivity contribution in [3.05, 3.63) is 17.0 Å². The molecule has 0 spiro atoms. The summed E-state index contributed by atoms with van der Waals surface area (Å²) in [7, 11) is 0. The largest absolute Gasteiger partial charge is 0.361 e. The summed E-state index contributed by atoms with van der Waals surface area (Å²) in [6.45, 7) is 10.8. The second kappa shape index (κ2) is 8.56. The van der Waals surface area contributed by atoms with Crippen molar-refractivity contribution in [1.82, 2.24) is 15.8 Å². The van der Waals surface area contributed by atoms with Gasteiger partial charge >= 0.3 is 0 Å². The number of unbranched alkanes of at least 4 members (excludes halogenated alkanes) is 1. The summed E-state index contributed by atoms with van der Waals surface area (Å²) in [6, 6.07) is 0. The second-order valence-corrected chi connectivity index (χ2v) is 4.59. The molecule has 19 heavy (non-hydrogen) atoms. The van der Waals surface area contributed by atoms with Crippen molar-refractivity contribution in [2.24, 2.45) is 4.99 Å². The first-order valence-corrected chi connectivity index (χ1v) is 7.13. The average molecular weight is 266 g/mol. The van der Waals surface area contributed by atoms with Crippen molar-refractivity contribution in [2.75, 3.05) is 19.6 Å². The molecule has 0 fully saturated rings. The Morgan fingerprint density at radius 1 is 1.26 bits per heavy atom. The van der Waals surface area contributed by atoms with Gasteiger partial charge < -0.3 is 15.2 Å². The van der Waals surface area contributed by atoms with Gasteiger partial charge in [0, 0.05) is 25.2 Å². The molecule has 2 N–H and O–H groups in total. The zero-order chi connectivity index (χ0) is 14.1. The Kier molecular flexibility index (Phi) is 7.00. The van der Waals surface area contributed by atoms with E-state index in [0.717, 1.165) is 49.9 Å². The third-order valence-electron chi connectivity index (χ3n) is 2.97. The fourth-order valence-electron chi connectivity index (χ4n) is 1.86. The highest BCUT2D eigenvalue weighted by molar-refractivity contribution is 5.79. The monoisotopic (exact) mass is 266 g/mol. The van der Waals surface area contributed by atoms with Crippen LogP contribution in [-0.4, -0.2) is 30.8 Å². The van der Waals surface area contributed by atoms with Crippen LogP contribution in [0.1, 0.15) is 43.7 Å². The van der Waals surface area contributed by atoms with Gasteiger partial charge in [-0.25, -0.2) is 0 Å². The summed E-state index contributed by atoms with van der Waals surface area (Å²) in [6.07, 6.45) is 3.20. The first-order valence-electron chi connectivity index (χ1n) is 7.13. The van der Waals surface area contributed by atoms with E-state index >= 15 is 0 Å². The van der Waals surface area contributed by atoms with E-state index < -0.39 is 0 Å². The molecule has 1 rings (SSSR count). The third-order valence-corrected chi connectivity index (χ3v) is 2.97. The molecule has 0 aliphatic carbocycles. The predicted octanol–water partition coefficient (Wildman–Crippen LogP) is 2.19. The van der Waals surface area contributed by atoms with E-state index in [1.165, 1.54) is 12.0 Å². The van der Waals surface area contributed by atoms with Crippen molar-refractivity contribution >= 4 is 5.96 Å². The highest BCUT2D eigenvalue weighted by Crippen LogP contribution is 2.11. The molecule has 0 radical (unpaired) electrons. The molecule has 0 saturated carbocycles. The fraction of sp³-hybridized carbons (Fsp3) is 0.714. The Balaban J connectivity index is 2.41. The first kappa shape index (κ1) is 15.5. The van der Waals surface area contributed by atoms with Crippen molar-refractivity contribution in [1.29, 1.82) is 0 Å². The standard InChI is InChI=1S/C14H26N4O/c1-5-7-9-16-14(15-6-2)17-10-8-13-11(3)18-19-12(13)4/h5-10H2,1-4H3,(H2,15,16,17). The number of guanidine groups is 1. The summed E-state index contributed by atoms with van der Waals surface area (Å²) in [5.74, 6) is 1.80. The van der Waals surface area contributed by atoms with E-state index in [0.29, 0.717) is 0 Å². The lowest BCUT2D eigenvalue weighted by Crippen LogP contribution is -2.38. The molecule has 0 aromatic carbocycles. The van der Waals surface area contributed by atoms with Gasteiger partial charge in [0.15, 0.2) is 5.96 Å². The second-order valence-electron chi connectivity index (χ2n) is 4.59. The molecule has 0 bridgehead atoms. The van der Waals surface area contributed by atoms with Crippen LogP contribution >= 0.6 is 0 Å². The van der Waals surface area contributed by atoms with Crippen molar-refractivity contribution in [2.45, 2.75) is 47.0 Å². The van der Waals surface area contributed by atoms with Crippen molar-refractivity contribution in [3.63, 3.8) is 0 Å². The van der Waals surface area contributed by atoms with E-state index in [4.69, 9.17) is 4.52 Å². The van der Waals surface area contributed by atoms with Gasteiger partial charge in [0.05, 0.1) is 5.69 Å². The number of nitrogens with one attached hydrogen (secondary N) is 2. The maximum absolute atomic E-state index is 5.16. The lowest BCUT2D eigenvalue weighted by atomic mass is 10.1. The zero-order valence-electron chi connectivity index (χ0n) is 12.5. The van der Waals surface area contributed by atoms with Gasteiger partial charge in [0.25, 0.3) is 0 Å². The number of aromatic nitrogens is 1. The number of nitrogens with zero attached hydrogens (tertiary/aromatic N) is 2. The topological polar surface area (TPSA) is 62.5 Å². The Hall–Kier alpha value is -1.52. The van der Waals surface area contributed by atoms with Crippen LogP contribution in [0, 0.1) is 13.8 Å². The molecular formula is C14H26N4O. The van der Waals surface area contributed by atoms with Gasteiger partial charge in [-0.2, -0.15) is 0 Å². The van der Waals surface area contributed by atoms with Crippen LogP contribution in [0.3, 0.4) is 0 Å². The maximum atomic E-state index is 5.16. The van der Waals surface area contributed by atoms with Gasteiger partial charge in [-0.05, 0) is 33.6 Å². The van der Waals surface area contributed by atoms with Gasteiger partial charge in [-0.3, -0.25) is 4.99 Å². The molecule has 0 atom stereocenters. The lowest BCUT2D eigenvalue weighted by Gasteiger charge is -2.11. The van der Waals surface area contributed by atoms with E-state index in [1.807, 2.05) is 13.8 Å².